The van der Waals surface area contributed by atoms with Gasteiger partial charge in [-0.25, -0.2) is 4.39 Å². The second kappa shape index (κ2) is 3.95. The zero-order valence-electron chi connectivity index (χ0n) is 10.9. The summed E-state index contributed by atoms with van der Waals surface area (Å²) in [5.41, 5.74) is 6.90. The van der Waals surface area contributed by atoms with Crippen molar-refractivity contribution in [3.63, 3.8) is 0 Å². The summed E-state index contributed by atoms with van der Waals surface area (Å²) in [6.07, 6.45) is 2.97. The molecule has 98 valence electrons. The normalized spacial score (nSPS) is 34.1. The van der Waals surface area contributed by atoms with Gasteiger partial charge in [-0.3, -0.25) is 0 Å². The van der Waals surface area contributed by atoms with Crippen LogP contribution in [0.5, 0.6) is 5.75 Å². The molecule has 2 aliphatic rings. The van der Waals surface area contributed by atoms with E-state index in [4.69, 9.17) is 10.5 Å². The summed E-state index contributed by atoms with van der Waals surface area (Å²) >= 11 is 0. The first-order chi connectivity index (χ1) is 8.49. The van der Waals surface area contributed by atoms with E-state index in [-0.39, 0.29) is 17.5 Å². The lowest BCUT2D eigenvalue weighted by Gasteiger charge is -2.52. The van der Waals surface area contributed by atoms with Gasteiger partial charge in [-0.2, -0.15) is 0 Å². The molecule has 1 aliphatic heterocycles. The SMILES string of the molecule is CC(C)C1CC2(CC(N)c3cc(F)ccc3O2)C1. The third-order valence-electron chi connectivity index (χ3n) is 4.50. The zero-order valence-corrected chi connectivity index (χ0v) is 10.9. The van der Waals surface area contributed by atoms with Crippen LogP contribution in [0.25, 0.3) is 0 Å². The van der Waals surface area contributed by atoms with Gasteiger partial charge in [-0.05, 0) is 42.9 Å². The number of benzene rings is 1. The molecule has 0 bridgehead atoms. The van der Waals surface area contributed by atoms with Gasteiger partial charge in [0.1, 0.15) is 17.2 Å². The molecule has 1 spiro atoms. The summed E-state index contributed by atoms with van der Waals surface area (Å²) in [6.45, 7) is 4.51. The second-order valence-corrected chi connectivity index (χ2v) is 6.19. The Labute approximate surface area is 107 Å². The van der Waals surface area contributed by atoms with Crippen molar-refractivity contribution in [3.05, 3.63) is 29.6 Å². The Morgan fingerprint density at radius 1 is 1.33 bits per heavy atom. The topological polar surface area (TPSA) is 35.2 Å². The van der Waals surface area contributed by atoms with Gasteiger partial charge in [0, 0.05) is 18.0 Å². The summed E-state index contributed by atoms with van der Waals surface area (Å²) in [5.74, 6) is 1.97. The molecule has 3 rings (SSSR count). The summed E-state index contributed by atoms with van der Waals surface area (Å²) in [4.78, 5) is 0. The smallest absolute Gasteiger partial charge is 0.125 e. The average molecular weight is 249 g/mol. The van der Waals surface area contributed by atoms with E-state index in [1.165, 1.54) is 12.1 Å². The van der Waals surface area contributed by atoms with Crippen molar-refractivity contribution in [2.24, 2.45) is 17.6 Å². The van der Waals surface area contributed by atoms with Crippen molar-refractivity contribution in [1.29, 1.82) is 0 Å². The fourth-order valence-electron chi connectivity index (χ4n) is 3.30. The van der Waals surface area contributed by atoms with Crippen LogP contribution in [-0.4, -0.2) is 5.60 Å². The average Bonchev–Trinajstić information content (AvgIpc) is 2.26. The first kappa shape index (κ1) is 12.0. The van der Waals surface area contributed by atoms with E-state index in [1.807, 2.05) is 0 Å². The minimum absolute atomic E-state index is 0.0841. The predicted octanol–water partition coefficient (Wildman–Crippen LogP) is 3.41. The van der Waals surface area contributed by atoms with Crippen LogP contribution in [-0.2, 0) is 0 Å². The molecular weight excluding hydrogens is 229 g/mol. The van der Waals surface area contributed by atoms with Gasteiger partial charge in [-0.1, -0.05) is 13.8 Å². The van der Waals surface area contributed by atoms with Crippen molar-refractivity contribution in [2.45, 2.75) is 44.8 Å². The van der Waals surface area contributed by atoms with Crippen LogP contribution in [0, 0.1) is 17.7 Å². The molecule has 1 aromatic carbocycles. The Hall–Kier alpha value is -1.09. The zero-order chi connectivity index (χ0) is 12.9. The maximum atomic E-state index is 13.2. The molecule has 2 N–H and O–H groups in total. The predicted molar refractivity (Wildman–Crippen MR) is 68.9 cm³/mol. The van der Waals surface area contributed by atoms with Crippen LogP contribution >= 0.6 is 0 Å². The Morgan fingerprint density at radius 3 is 2.72 bits per heavy atom. The molecule has 18 heavy (non-hydrogen) atoms. The van der Waals surface area contributed by atoms with E-state index in [9.17, 15) is 4.39 Å². The molecule has 1 heterocycles. The van der Waals surface area contributed by atoms with Gasteiger partial charge in [0.15, 0.2) is 0 Å². The molecule has 1 unspecified atom stereocenters. The molecule has 1 aliphatic carbocycles. The van der Waals surface area contributed by atoms with Gasteiger partial charge >= 0.3 is 0 Å². The number of hydrogen-bond acceptors (Lipinski definition) is 2. The number of nitrogens with two attached hydrogens (primary N) is 1. The Balaban J connectivity index is 1.83. The lowest BCUT2D eigenvalue weighted by atomic mass is 9.62. The van der Waals surface area contributed by atoms with Crippen LogP contribution in [0.4, 0.5) is 4.39 Å². The number of fused-ring (bicyclic) bond motifs is 1. The third kappa shape index (κ3) is 1.81. The van der Waals surface area contributed by atoms with Crippen molar-refractivity contribution in [2.75, 3.05) is 0 Å². The molecule has 0 radical (unpaired) electrons. The molecule has 0 aromatic heterocycles. The highest BCUT2D eigenvalue weighted by Crippen LogP contribution is 2.52. The number of halogens is 1. The van der Waals surface area contributed by atoms with Crippen LogP contribution in [0.1, 0.15) is 44.7 Å². The van der Waals surface area contributed by atoms with Gasteiger partial charge in [0.25, 0.3) is 0 Å². The summed E-state index contributed by atoms with van der Waals surface area (Å²) < 4.78 is 19.3. The minimum Gasteiger partial charge on any atom is -0.487 e. The van der Waals surface area contributed by atoms with E-state index >= 15 is 0 Å². The molecule has 1 fully saturated rings. The van der Waals surface area contributed by atoms with E-state index in [0.717, 1.165) is 36.5 Å². The summed E-state index contributed by atoms with van der Waals surface area (Å²) in [7, 11) is 0. The van der Waals surface area contributed by atoms with E-state index in [0.29, 0.717) is 5.92 Å². The minimum atomic E-state index is -0.239. The largest absolute Gasteiger partial charge is 0.487 e. The molecule has 2 nitrogen and oxygen atoms in total. The van der Waals surface area contributed by atoms with E-state index < -0.39 is 0 Å². The molecule has 0 amide bonds. The number of ether oxygens (including phenoxy) is 1. The van der Waals surface area contributed by atoms with Crippen LogP contribution in [0.2, 0.25) is 0 Å². The highest BCUT2D eigenvalue weighted by Gasteiger charge is 2.50. The lowest BCUT2D eigenvalue weighted by Crippen LogP contribution is -2.54. The van der Waals surface area contributed by atoms with Crippen molar-refractivity contribution in [3.8, 4) is 5.75 Å². The molecule has 1 atom stereocenters. The first-order valence-electron chi connectivity index (χ1n) is 6.73. The van der Waals surface area contributed by atoms with Crippen LogP contribution < -0.4 is 10.5 Å². The van der Waals surface area contributed by atoms with Crippen LogP contribution in [0.15, 0.2) is 18.2 Å². The maximum absolute atomic E-state index is 13.2. The number of hydrogen-bond donors (Lipinski definition) is 1. The maximum Gasteiger partial charge on any atom is 0.125 e. The molecule has 0 saturated heterocycles. The van der Waals surface area contributed by atoms with Gasteiger partial charge in [0.05, 0.1) is 0 Å². The Morgan fingerprint density at radius 2 is 2.06 bits per heavy atom. The second-order valence-electron chi connectivity index (χ2n) is 6.19. The molecular formula is C15H20FNO. The van der Waals surface area contributed by atoms with Crippen molar-refractivity contribution >= 4 is 0 Å². The fraction of sp³-hybridized carbons (Fsp3) is 0.600. The summed E-state index contributed by atoms with van der Waals surface area (Å²) in [6, 6.07) is 4.57. The Bertz CT molecular complexity index is 466. The monoisotopic (exact) mass is 249 g/mol. The standard InChI is InChI=1S/C15H20FNO/c1-9(2)10-6-15(7-10)8-13(17)12-5-11(16)3-4-14(12)18-15/h3-5,9-10,13H,6-8,17H2,1-2H3. The third-order valence-corrected chi connectivity index (χ3v) is 4.50. The van der Waals surface area contributed by atoms with E-state index in [2.05, 4.69) is 13.8 Å². The molecule has 1 aromatic rings. The quantitative estimate of drug-likeness (QED) is 0.827. The van der Waals surface area contributed by atoms with Gasteiger partial charge in [-0.15, -0.1) is 0 Å². The van der Waals surface area contributed by atoms with Gasteiger partial charge in [0.2, 0.25) is 0 Å². The Kier molecular flexibility index (Phi) is 2.63. The molecule has 3 heteroatoms. The fourth-order valence-corrected chi connectivity index (χ4v) is 3.30. The van der Waals surface area contributed by atoms with Crippen molar-refractivity contribution in [1.82, 2.24) is 0 Å². The van der Waals surface area contributed by atoms with E-state index in [1.54, 1.807) is 6.07 Å². The highest BCUT2D eigenvalue weighted by molar-refractivity contribution is 5.39. The van der Waals surface area contributed by atoms with Gasteiger partial charge < -0.3 is 10.5 Å². The number of rotatable bonds is 1. The first-order valence-corrected chi connectivity index (χ1v) is 6.73. The lowest BCUT2D eigenvalue weighted by molar-refractivity contribution is -0.0846. The summed E-state index contributed by atoms with van der Waals surface area (Å²) in [5, 5.41) is 0. The van der Waals surface area contributed by atoms with Crippen molar-refractivity contribution < 1.29 is 9.13 Å². The highest BCUT2D eigenvalue weighted by atomic mass is 19.1. The van der Waals surface area contributed by atoms with Crippen LogP contribution in [0.3, 0.4) is 0 Å². The molecule has 1 saturated carbocycles.